The lowest BCUT2D eigenvalue weighted by Gasteiger charge is -2.11. The van der Waals surface area contributed by atoms with Crippen molar-refractivity contribution in [3.63, 3.8) is 0 Å². The highest BCUT2D eigenvalue weighted by atomic mass is 16.1. The third-order valence-electron chi connectivity index (χ3n) is 3.11. The molecule has 0 unspecified atom stereocenters. The van der Waals surface area contributed by atoms with Crippen LogP contribution in [0.25, 0.3) is 0 Å². The number of nitrogens with zero attached hydrogens (tertiary/aromatic N) is 2. The number of nitrogens with one attached hydrogen (secondary N) is 2. The van der Waals surface area contributed by atoms with Crippen LogP contribution in [0.5, 0.6) is 0 Å². The average molecular weight is 246 g/mol. The molecule has 0 aliphatic carbocycles. The fourth-order valence-electron chi connectivity index (χ4n) is 1.84. The minimum Gasteiger partial charge on any atom is -0.354 e. The third-order valence-corrected chi connectivity index (χ3v) is 3.11. The number of hydrogen-bond donors (Lipinski definition) is 2. The number of carbonyl (C=O) groups excluding carboxylic acids is 1. The molecule has 0 bridgehead atoms. The Hall–Kier alpha value is -2.04. The molecule has 0 saturated heterocycles. The van der Waals surface area contributed by atoms with E-state index in [1.807, 2.05) is 44.6 Å². The smallest absolute Gasteiger partial charge is 0.253 e. The SMILES string of the molecule is Cc1cnc([C@@H](C)NC(=O)c2ccn(C)c2C)[nH]1. The quantitative estimate of drug-likeness (QED) is 0.868. The molecule has 96 valence electrons. The van der Waals surface area contributed by atoms with E-state index in [4.69, 9.17) is 0 Å². The summed E-state index contributed by atoms with van der Waals surface area (Å²) in [6.45, 7) is 5.78. The van der Waals surface area contributed by atoms with Gasteiger partial charge in [0.05, 0.1) is 11.6 Å². The van der Waals surface area contributed by atoms with E-state index in [1.165, 1.54) is 0 Å². The maximum atomic E-state index is 12.1. The molecule has 2 aromatic heterocycles. The van der Waals surface area contributed by atoms with Gasteiger partial charge in [-0.05, 0) is 26.8 Å². The molecule has 0 aliphatic heterocycles. The maximum Gasteiger partial charge on any atom is 0.253 e. The normalized spacial score (nSPS) is 12.4. The fourth-order valence-corrected chi connectivity index (χ4v) is 1.84. The lowest BCUT2D eigenvalue weighted by molar-refractivity contribution is 0.0937. The molecule has 1 atom stereocenters. The summed E-state index contributed by atoms with van der Waals surface area (Å²) in [6, 6.07) is 1.69. The van der Waals surface area contributed by atoms with Crippen molar-refractivity contribution in [3.8, 4) is 0 Å². The first-order valence-electron chi connectivity index (χ1n) is 5.93. The van der Waals surface area contributed by atoms with Crippen LogP contribution in [-0.2, 0) is 7.05 Å². The van der Waals surface area contributed by atoms with Crippen LogP contribution in [0, 0.1) is 13.8 Å². The highest BCUT2D eigenvalue weighted by Crippen LogP contribution is 2.12. The van der Waals surface area contributed by atoms with Gasteiger partial charge < -0.3 is 14.9 Å². The van der Waals surface area contributed by atoms with Gasteiger partial charge in [0.15, 0.2) is 0 Å². The van der Waals surface area contributed by atoms with Crippen molar-refractivity contribution >= 4 is 5.91 Å². The number of aryl methyl sites for hydroxylation is 2. The van der Waals surface area contributed by atoms with E-state index in [1.54, 1.807) is 6.20 Å². The minimum atomic E-state index is -0.134. The summed E-state index contributed by atoms with van der Waals surface area (Å²) in [5.74, 6) is 0.698. The van der Waals surface area contributed by atoms with Crippen LogP contribution in [0.3, 0.4) is 0 Å². The van der Waals surface area contributed by atoms with Gasteiger partial charge in [-0.3, -0.25) is 4.79 Å². The topological polar surface area (TPSA) is 62.7 Å². The third kappa shape index (κ3) is 2.30. The summed E-state index contributed by atoms with van der Waals surface area (Å²) in [5.41, 5.74) is 2.64. The predicted octanol–water partition coefficient (Wildman–Crippen LogP) is 1.86. The monoisotopic (exact) mass is 246 g/mol. The Balaban J connectivity index is 2.10. The highest BCUT2D eigenvalue weighted by Gasteiger charge is 2.16. The second-order valence-electron chi connectivity index (χ2n) is 4.57. The molecular weight excluding hydrogens is 228 g/mol. The minimum absolute atomic E-state index is 0.0744. The summed E-state index contributed by atoms with van der Waals surface area (Å²) < 4.78 is 1.93. The predicted molar refractivity (Wildman–Crippen MR) is 69.4 cm³/mol. The molecule has 0 aliphatic rings. The maximum absolute atomic E-state index is 12.1. The summed E-state index contributed by atoms with van der Waals surface area (Å²) >= 11 is 0. The van der Waals surface area contributed by atoms with Crippen LogP contribution >= 0.6 is 0 Å². The van der Waals surface area contributed by atoms with Crippen molar-refractivity contribution in [1.29, 1.82) is 0 Å². The van der Waals surface area contributed by atoms with E-state index in [0.29, 0.717) is 5.56 Å². The Labute approximate surface area is 106 Å². The molecule has 0 spiro atoms. The molecule has 2 N–H and O–H groups in total. The van der Waals surface area contributed by atoms with Crippen molar-refractivity contribution in [2.24, 2.45) is 7.05 Å². The van der Waals surface area contributed by atoms with E-state index in [0.717, 1.165) is 17.2 Å². The Bertz CT molecular complexity index is 567. The van der Waals surface area contributed by atoms with Crippen molar-refractivity contribution in [3.05, 3.63) is 41.2 Å². The average Bonchev–Trinajstić information content (AvgIpc) is 2.87. The summed E-state index contributed by atoms with van der Waals surface area (Å²) in [6.07, 6.45) is 3.64. The zero-order valence-corrected chi connectivity index (χ0v) is 11.1. The van der Waals surface area contributed by atoms with Crippen molar-refractivity contribution in [2.75, 3.05) is 0 Å². The molecule has 2 heterocycles. The van der Waals surface area contributed by atoms with Gasteiger partial charge in [-0.2, -0.15) is 0 Å². The fraction of sp³-hybridized carbons (Fsp3) is 0.385. The first-order chi connectivity index (χ1) is 8.49. The van der Waals surface area contributed by atoms with Gasteiger partial charge in [0.1, 0.15) is 5.82 Å². The standard InChI is InChI=1S/C13H18N4O/c1-8-7-14-12(15-8)9(2)16-13(18)11-5-6-17(4)10(11)3/h5-7,9H,1-4H3,(H,14,15)(H,16,18)/t9-/m1/s1. The summed E-state index contributed by atoms with van der Waals surface area (Å²) in [7, 11) is 1.92. The zero-order chi connectivity index (χ0) is 13.3. The lowest BCUT2D eigenvalue weighted by atomic mass is 10.2. The molecule has 5 nitrogen and oxygen atoms in total. The molecule has 0 aromatic carbocycles. The number of carbonyl (C=O) groups is 1. The molecule has 18 heavy (non-hydrogen) atoms. The second kappa shape index (κ2) is 4.68. The number of hydrogen-bond acceptors (Lipinski definition) is 2. The van der Waals surface area contributed by atoms with Gasteiger partial charge in [0.2, 0.25) is 0 Å². The Morgan fingerprint density at radius 2 is 2.22 bits per heavy atom. The van der Waals surface area contributed by atoms with E-state index in [2.05, 4.69) is 15.3 Å². The zero-order valence-electron chi connectivity index (χ0n) is 11.1. The van der Waals surface area contributed by atoms with Crippen LogP contribution in [0.15, 0.2) is 18.5 Å². The molecular formula is C13H18N4O. The highest BCUT2D eigenvalue weighted by molar-refractivity contribution is 5.95. The van der Waals surface area contributed by atoms with Crippen LogP contribution in [0.4, 0.5) is 0 Å². The molecule has 2 rings (SSSR count). The molecule has 0 fully saturated rings. The Morgan fingerprint density at radius 3 is 2.72 bits per heavy atom. The Kier molecular flexibility index (Phi) is 3.23. The molecule has 2 aromatic rings. The molecule has 5 heteroatoms. The van der Waals surface area contributed by atoms with Gasteiger partial charge in [-0.25, -0.2) is 4.98 Å². The van der Waals surface area contributed by atoms with Crippen LogP contribution in [0.2, 0.25) is 0 Å². The van der Waals surface area contributed by atoms with Gasteiger partial charge in [0.25, 0.3) is 5.91 Å². The van der Waals surface area contributed by atoms with Crippen LogP contribution in [-0.4, -0.2) is 20.4 Å². The number of H-pyrrole nitrogens is 1. The number of rotatable bonds is 3. The van der Waals surface area contributed by atoms with Crippen molar-refractivity contribution in [1.82, 2.24) is 19.9 Å². The second-order valence-corrected chi connectivity index (χ2v) is 4.57. The summed E-state index contributed by atoms with van der Waals surface area (Å²) in [4.78, 5) is 19.4. The number of aromatic amines is 1. The number of amides is 1. The largest absolute Gasteiger partial charge is 0.354 e. The number of imidazole rings is 1. The number of aromatic nitrogens is 3. The van der Waals surface area contributed by atoms with E-state index < -0.39 is 0 Å². The first kappa shape index (κ1) is 12.4. The molecule has 0 radical (unpaired) electrons. The Morgan fingerprint density at radius 1 is 1.50 bits per heavy atom. The van der Waals surface area contributed by atoms with Crippen molar-refractivity contribution in [2.45, 2.75) is 26.8 Å². The first-order valence-corrected chi connectivity index (χ1v) is 5.93. The van der Waals surface area contributed by atoms with E-state index >= 15 is 0 Å². The van der Waals surface area contributed by atoms with Crippen LogP contribution in [0.1, 0.15) is 40.5 Å². The summed E-state index contributed by atoms with van der Waals surface area (Å²) in [5, 5.41) is 2.93. The molecule has 1 amide bonds. The van der Waals surface area contributed by atoms with Crippen molar-refractivity contribution < 1.29 is 4.79 Å². The van der Waals surface area contributed by atoms with Crippen LogP contribution < -0.4 is 5.32 Å². The van der Waals surface area contributed by atoms with Gasteiger partial charge >= 0.3 is 0 Å². The van der Waals surface area contributed by atoms with Gasteiger partial charge in [0, 0.05) is 30.8 Å². The van der Waals surface area contributed by atoms with E-state index in [-0.39, 0.29) is 11.9 Å². The molecule has 0 saturated carbocycles. The lowest BCUT2D eigenvalue weighted by Crippen LogP contribution is -2.27. The van der Waals surface area contributed by atoms with Gasteiger partial charge in [-0.1, -0.05) is 0 Å². The van der Waals surface area contributed by atoms with Gasteiger partial charge in [-0.15, -0.1) is 0 Å². The van der Waals surface area contributed by atoms with E-state index in [9.17, 15) is 4.79 Å².